The molecule has 8 nitrogen and oxygen atoms in total. The van der Waals surface area contributed by atoms with Crippen LogP contribution in [0, 0.1) is 6.92 Å². The minimum absolute atomic E-state index is 0.0452. The number of rotatable bonds is 3. The van der Waals surface area contributed by atoms with Crippen molar-refractivity contribution in [3.8, 4) is 11.1 Å². The summed E-state index contributed by atoms with van der Waals surface area (Å²) in [6, 6.07) is 6.49. The Labute approximate surface area is 218 Å². The number of hydrogen-bond acceptors (Lipinski definition) is 4. The number of pyridine rings is 1. The molecular weight excluding hydrogens is 466 g/mol. The van der Waals surface area contributed by atoms with Crippen molar-refractivity contribution in [1.82, 2.24) is 25.1 Å². The fourth-order valence-corrected chi connectivity index (χ4v) is 5.52. The Morgan fingerprint density at radius 1 is 1.19 bits per heavy atom. The Hall–Kier alpha value is -3.55. The molecule has 4 heterocycles. The lowest BCUT2D eigenvalue weighted by Crippen LogP contribution is -2.43. The van der Waals surface area contributed by atoms with Crippen LogP contribution in [-0.2, 0) is 17.7 Å². The molecular formula is C29H37N5O3. The minimum atomic E-state index is -0.559. The monoisotopic (exact) mass is 503 g/mol. The third kappa shape index (κ3) is 5.02. The molecule has 2 aliphatic rings. The van der Waals surface area contributed by atoms with Crippen LogP contribution in [0.1, 0.15) is 68.8 Å². The third-order valence-electron chi connectivity index (χ3n) is 7.30. The fraction of sp³-hybridized carbons (Fsp3) is 0.483. The number of hydrogen-bond donors (Lipinski definition) is 2. The number of carbonyl (C=O) groups is 2. The van der Waals surface area contributed by atoms with Crippen LogP contribution in [0.5, 0.6) is 0 Å². The summed E-state index contributed by atoms with van der Waals surface area (Å²) in [6.07, 6.45) is 6.16. The van der Waals surface area contributed by atoms with Crippen molar-refractivity contribution in [2.24, 2.45) is 0 Å². The van der Waals surface area contributed by atoms with Crippen molar-refractivity contribution in [2.75, 3.05) is 19.6 Å². The number of ether oxygens (including phenoxy) is 1. The van der Waals surface area contributed by atoms with E-state index in [9.17, 15) is 9.59 Å². The van der Waals surface area contributed by atoms with Crippen LogP contribution >= 0.6 is 0 Å². The SMILES string of the molecule is CCNC(=O)N1CCc2cc(-c3cnc4[nH]cc(C)c4c3)cc(C3CCCN3C(=O)OC(C)(C)C)c2C1. The van der Waals surface area contributed by atoms with Gasteiger partial charge < -0.3 is 24.8 Å². The van der Waals surface area contributed by atoms with Gasteiger partial charge in [-0.1, -0.05) is 6.07 Å². The summed E-state index contributed by atoms with van der Waals surface area (Å²) in [7, 11) is 0. The second-order valence-electron chi connectivity index (χ2n) is 11.1. The number of aromatic nitrogens is 2. The summed E-state index contributed by atoms with van der Waals surface area (Å²) >= 11 is 0. The van der Waals surface area contributed by atoms with Crippen molar-refractivity contribution < 1.29 is 14.3 Å². The lowest BCUT2D eigenvalue weighted by atomic mass is 9.87. The predicted molar refractivity (Wildman–Crippen MR) is 144 cm³/mol. The summed E-state index contributed by atoms with van der Waals surface area (Å²) in [4.78, 5) is 37.5. The molecule has 1 unspecified atom stereocenters. The van der Waals surface area contributed by atoms with E-state index in [1.807, 2.05) is 49.9 Å². The molecule has 3 aromatic rings. The summed E-state index contributed by atoms with van der Waals surface area (Å²) in [5, 5.41) is 4.04. The molecule has 2 aromatic heterocycles. The molecule has 196 valence electrons. The molecule has 0 saturated carbocycles. The van der Waals surface area contributed by atoms with Gasteiger partial charge in [-0.15, -0.1) is 0 Å². The van der Waals surface area contributed by atoms with Gasteiger partial charge in [-0.3, -0.25) is 0 Å². The number of likely N-dealkylation sites (tertiary alicyclic amines) is 1. The van der Waals surface area contributed by atoms with E-state index < -0.39 is 5.60 Å². The summed E-state index contributed by atoms with van der Waals surface area (Å²) < 4.78 is 5.78. The molecule has 1 fully saturated rings. The Morgan fingerprint density at radius 2 is 2.00 bits per heavy atom. The van der Waals surface area contributed by atoms with Crippen LogP contribution in [0.15, 0.2) is 30.6 Å². The molecule has 3 amide bonds. The number of carbonyl (C=O) groups excluding carboxylic acids is 2. The van der Waals surface area contributed by atoms with Gasteiger partial charge in [0.15, 0.2) is 0 Å². The Morgan fingerprint density at radius 3 is 2.76 bits per heavy atom. The van der Waals surface area contributed by atoms with Gasteiger partial charge in [-0.05, 0) is 93.8 Å². The fourth-order valence-electron chi connectivity index (χ4n) is 5.52. The number of H-pyrrole nitrogens is 1. The van der Waals surface area contributed by atoms with E-state index in [0.717, 1.165) is 58.1 Å². The second kappa shape index (κ2) is 9.72. The first-order valence-corrected chi connectivity index (χ1v) is 13.3. The van der Waals surface area contributed by atoms with E-state index >= 15 is 0 Å². The van der Waals surface area contributed by atoms with E-state index in [1.165, 1.54) is 5.56 Å². The maximum Gasteiger partial charge on any atom is 0.410 e. The highest BCUT2D eigenvalue weighted by molar-refractivity contribution is 5.85. The van der Waals surface area contributed by atoms with Crippen molar-refractivity contribution in [1.29, 1.82) is 0 Å². The molecule has 1 saturated heterocycles. The smallest absolute Gasteiger partial charge is 0.410 e. The normalized spacial score (nSPS) is 17.7. The second-order valence-corrected chi connectivity index (χ2v) is 11.1. The third-order valence-corrected chi connectivity index (χ3v) is 7.30. The van der Waals surface area contributed by atoms with Crippen molar-refractivity contribution in [3.05, 3.63) is 52.8 Å². The maximum absolute atomic E-state index is 13.2. The molecule has 2 N–H and O–H groups in total. The number of nitrogens with one attached hydrogen (secondary N) is 2. The number of fused-ring (bicyclic) bond motifs is 2. The van der Waals surface area contributed by atoms with Crippen LogP contribution in [0.25, 0.3) is 22.2 Å². The molecule has 2 aliphatic heterocycles. The van der Waals surface area contributed by atoms with Gasteiger partial charge in [0, 0.05) is 49.5 Å². The van der Waals surface area contributed by atoms with E-state index in [4.69, 9.17) is 4.74 Å². The summed E-state index contributed by atoms with van der Waals surface area (Å²) in [5.74, 6) is 0. The first-order valence-electron chi connectivity index (χ1n) is 13.3. The molecule has 0 bridgehead atoms. The molecule has 1 atom stereocenters. The maximum atomic E-state index is 13.2. The highest BCUT2D eigenvalue weighted by Gasteiger charge is 2.36. The zero-order valence-corrected chi connectivity index (χ0v) is 22.5. The number of aryl methyl sites for hydroxylation is 1. The first kappa shape index (κ1) is 25.1. The summed E-state index contributed by atoms with van der Waals surface area (Å²) in [6.45, 7) is 12.2. The highest BCUT2D eigenvalue weighted by atomic mass is 16.6. The average molecular weight is 504 g/mol. The predicted octanol–water partition coefficient (Wildman–Crippen LogP) is 5.70. The number of amides is 3. The van der Waals surface area contributed by atoms with Crippen molar-refractivity contribution in [3.63, 3.8) is 0 Å². The Kier molecular flexibility index (Phi) is 6.60. The lowest BCUT2D eigenvalue weighted by molar-refractivity contribution is 0.0223. The standard InChI is InChI=1S/C29H37N5O3/c1-6-30-27(35)33-11-9-19-12-20(21-14-22-18(2)15-31-26(22)32-16-21)13-23(24(19)17-33)25-8-7-10-34(25)28(36)37-29(3,4)5/h12-16,25H,6-11,17H2,1-5H3,(H,30,35)(H,31,32). The van der Waals surface area contributed by atoms with Crippen LogP contribution in [0.4, 0.5) is 9.59 Å². The topological polar surface area (TPSA) is 90.6 Å². The van der Waals surface area contributed by atoms with Crippen LogP contribution in [0.2, 0.25) is 0 Å². The molecule has 0 spiro atoms. The zero-order valence-electron chi connectivity index (χ0n) is 22.5. The molecule has 8 heteroatoms. The van der Waals surface area contributed by atoms with Crippen LogP contribution in [0.3, 0.4) is 0 Å². The van der Waals surface area contributed by atoms with E-state index in [1.54, 1.807) is 0 Å². The van der Waals surface area contributed by atoms with Gasteiger partial charge in [-0.2, -0.15) is 0 Å². The number of urea groups is 1. The van der Waals surface area contributed by atoms with E-state index in [2.05, 4.69) is 40.4 Å². The minimum Gasteiger partial charge on any atom is -0.444 e. The number of nitrogens with zero attached hydrogens (tertiary/aromatic N) is 3. The Balaban J connectivity index is 1.59. The molecule has 37 heavy (non-hydrogen) atoms. The first-order chi connectivity index (χ1) is 17.6. The van der Waals surface area contributed by atoms with E-state index in [0.29, 0.717) is 26.2 Å². The van der Waals surface area contributed by atoms with Gasteiger partial charge in [-0.25, -0.2) is 14.6 Å². The quantitative estimate of drug-likeness (QED) is 0.480. The van der Waals surface area contributed by atoms with Crippen LogP contribution in [-0.4, -0.2) is 57.1 Å². The van der Waals surface area contributed by atoms with Gasteiger partial charge in [0.25, 0.3) is 0 Å². The Bertz CT molecular complexity index is 1340. The van der Waals surface area contributed by atoms with Crippen LogP contribution < -0.4 is 5.32 Å². The highest BCUT2D eigenvalue weighted by Crippen LogP contribution is 2.40. The lowest BCUT2D eigenvalue weighted by Gasteiger charge is -2.34. The summed E-state index contributed by atoms with van der Waals surface area (Å²) in [5.41, 5.74) is 7.10. The zero-order chi connectivity index (χ0) is 26.3. The number of aromatic amines is 1. The molecule has 0 radical (unpaired) electrons. The van der Waals surface area contributed by atoms with E-state index in [-0.39, 0.29) is 18.2 Å². The largest absolute Gasteiger partial charge is 0.444 e. The molecule has 5 rings (SSSR count). The van der Waals surface area contributed by atoms with Gasteiger partial charge in [0.2, 0.25) is 0 Å². The molecule has 0 aliphatic carbocycles. The average Bonchev–Trinajstić information content (AvgIpc) is 3.49. The van der Waals surface area contributed by atoms with Gasteiger partial charge in [0.1, 0.15) is 11.2 Å². The van der Waals surface area contributed by atoms with Crippen molar-refractivity contribution >= 4 is 23.2 Å². The van der Waals surface area contributed by atoms with Crippen molar-refractivity contribution in [2.45, 2.75) is 72.1 Å². The molecule has 1 aromatic carbocycles. The number of benzene rings is 1. The van der Waals surface area contributed by atoms with Gasteiger partial charge in [0.05, 0.1) is 6.04 Å². The van der Waals surface area contributed by atoms with Gasteiger partial charge >= 0.3 is 12.1 Å².